The molecule has 1 fully saturated rings. The lowest BCUT2D eigenvalue weighted by Gasteiger charge is -2.27. The summed E-state index contributed by atoms with van der Waals surface area (Å²) in [7, 11) is 0. The van der Waals surface area contributed by atoms with E-state index in [2.05, 4.69) is 0 Å². The van der Waals surface area contributed by atoms with Gasteiger partial charge in [-0.15, -0.1) is 0 Å². The second-order valence-corrected chi connectivity index (χ2v) is 4.95. The summed E-state index contributed by atoms with van der Waals surface area (Å²) >= 11 is 0. The summed E-state index contributed by atoms with van der Waals surface area (Å²) in [5, 5.41) is 8.62. The number of carbonyl (C=O) groups excluding carboxylic acids is 2. The second-order valence-electron chi connectivity index (χ2n) is 4.95. The minimum Gasteiger partial charge on any atom is -0.481 e. The van der Waals surface area contributed by atoms with E-state index in [4.69, 9.17) is 10.8 Å². The lowest BCUT2D eigenvalue weighted by molar-refractivity contribution is -0.144. The molecule has 1 heterocycles. The highest BCUT2D eigenvalue weighted by Crippen LogP contribution is 2.21. The fourth-order valence-electron chi connectivity index (χ4n) is 2.20. The molecule has 1 aliphatic rings. The Morgan fingerprint density at radius 1 is 1.39 bits per heavy atom. The molecule has 0 aromatic rings. The van der Waals surface area contributed by atoms with Gasteiger partial charge in [-0.1, -0.05) is 13.8 Å². The van der Waals surface area contributed by atoms with Gasteiger partial charge >= 0.3 is 5.97 Å². The molecule has 1 rings (SSSR count). The molecular formula is C12H20N2O4. The van der Waals surface area contributed by atoms with Gasteiger partial charge in [0.15, 0.2) is 5.78 Å². The Balaban J connectivity index is 2.72. The molecule has 6 nitrogen and oxygen atoms in total. The van der Waals surface area contributed by atoms with Gasteiger partial charge in [0.2, 0.25) is 5.91 Å². The fourth-order valence-corrected chi connectivity index (χ4v) is 2.20. The van der Waals surface area contributed by atoms with Crippen LogP contribution in [0.1, 0.15) is 33.1 Å². The van der Waals surface area contributed by atoms with Gasteiger partial charge in [-0.05, 0) is 12.8 Å². The number of carboxylic acids is 1. The van der Waals surface area contributed by atoms with Crippen molar-refractivity contribution in [2.75, 3.05) is 6.54 Å². The van der Waals surface area contributed by atoms with Gasteiger partial charge in [-0.2, -0.15) is 0 Å². The summed E-state index contributed by atoms with van der Waals surface area (Å²) in [6.45, 7) is 4.07. The van der Waals surface area contributed by atoms with Gasteiger partial charge in [0, 0.05) is 12.5 Å². The molecule has 0 aromatic heterocycles. The molecule has 0 saturated carbocycles. The lowest BCUT2D eigenvalue weighted by Crippen LogP contribution is -2.49. The van der Waals surface area contributed by atoms with E-state index in [0.717, 1.165) is 6.42 Å². The second kappa shape index (κ2) is 5.95. The minimum absolute atomic E-state index is 0.0170. The average Bonchev–Trinajstić information content (AvgIpc) is 2.74. The monoisotopic (exact) mass is 256 g/mol. The van der Waals surface area contributed by atoms with Crippen molar-refractivity contribution in [2.45, 2.75) is 45.2 Å². The molecule has 0 radical (unpaired) electrons. The molecule has 1 saturated heterocycles. The van der Waals surface area contributed by atoms with E-state index in [9.17, 15) is 14.4 Å². The largest absolute Gasteiger partial charge is 0.481 e. The molecule has 0 aliphatic carbocycles. The quantitative estimate of drug-likeness (QED) is 0.721. The molecule has 102 valence electrons. The van der Waals surface area contributed by atoms with Crippen LogP contribution in [0.3, 0.4) is 0 Å². The maximum absolute atomic E-state index is 12.0. The molecule has 3 N–H and O–H groups in total. The number of aliphatic carboxylic acids is 1. The first kappa shape index (κ1) is 14.6. The van der Waals surface area contributed by atoms with Gasteiger partial charge < -0.3 is 15.7 Å². The molecule has 1 aliphatic heterocycles. The zero-order valence-electron chi connectivity index (χ0n) is 10.8. The highest BCUT2D eigenvalue weighted by molar-refractivity contribution is 5.93. The maximum Gasteiger partial charge on any atom is 0.305 e. The number of ketones is 1. The van der Waals surface area contributed by atoms with Crippen molar-refractivity contribution in [2.24, 2.45) is 11.7 Å². The van der Waals surface area contributed by atoms with Crippen LogP contribution in [-0.2, 0) is 14.4 Å². The first-order valence-electron chi connectivity index (χ1n) is 6.16. The third kappa shape index (κ3) is 3.29. The van der Waals surface area contributed by atoms with Crippen LogP contribution in [0.15, 0.2) is 0 Å². The number of likely N-dealkylation sites (tertiary alicyclic amines) is 1. The molecule has 6 heteroatoms. The Labute approximate surface area is 106 Å². The Hall–Kier alpha value is -1.43. The number of nitrogens with two attached hydrogens (primary N) is 1. The normalized spacial score (nSPS) is 21.1. The van der Waals surface area contributed by atoms with E-state index in [1.54, 1.807) is 13.8 Å². The van der Waals surface area contributed by atoms with Crippen LogP contribution in [0, 0.1) is 5.92 Å². The molecule has 0 spiro atoms. The van der Waals surface area contributed by atoms with Crippen LogP contribution >= 0.6 is 0 Å². The van der Waals surface area contributed by atoms with E-state index in [1.807, 2.05) is 0 Å². The van der Waals surface area contributed by atoms with Crippen molar-refractivity contribution < 1.29 is 19.5 Å². The minimum atomic E-state index is -1.11. The average molecular weight is 256 g/mol. The molecule has 2 atom stereocenters. The molecule has 18 heavy (non-hydrogen) atoms. The third-order valence-electron chi connectivity index (χ3n) is 3.15. The number of Topliss-reactive ketones (excluding diaryl/α,β-unsaturated/α-hetero) is 1. The van der Waals surface area contributed by atoms with E-state index >= 15 is 0 Å². The number of carboxylic acid groups (broad SMARTS) is 1. The number of amides is 1. The predicted octanol–water partition coefficient (Wildman–Crippen LogP) is 0.00450. The number of hydrogen-bond donors (Lipinski definition) is 2. The van der Waals surface area contributed by atoms with Gasteiger partial charge in [0.1, 0.15) is 0 Å². The highest BCUT2D eigenvalue weighted by Gasteiger charge is 2.37. The summed E-state index contributed by atoms with van der Waals surface area (Å²) in [6.07, 6.45) is 0.995. The topological polar surface area (TPSA) is 101 Å². The van der Waals surface area contributed by atoms with E-state index in [1.165, 1.54) is 4.90 Å². The van der Waals surface area contributed by atoms with E-state index in [-0.39, 0.29) is 11.7 Å². The summed E-state index contributed by atoms with van der Waals surface area (Å²) < 4.78 is 0. The van der Waals surface area contributed by atoms with Crippen molar-refractivity contribution in [3.63, 3.8) is 0 Å². The lowest BCUT2D eigenvalue weighted by atomic mass is 9.99. The van der Waals surface area contributed by atoms with E-state index < -0.39 is 30.4 Å². The molecular weight excluding hydrogens is 236 g/mol. The van der Waals surface area contributed by atoms with Gasteiger partial charge in [-0.25, -0.2) is 0 Å². The zero-order valence-corrected chi connectivity index (χ0v) is 10.8. The van der Waals surface area contributed by atoms with Crippen LogP contribution in [0.4, 0.5) is 0 Å². The van der Waals surface area contributed by atoms with Crippen molar-refractivity contribution in [1.82, 2.24) is 4.90 Å². The Bertz CT molecular complexity index is 354. The van der Waals surface area contributed by atoms with Crippen molar-refractivity contribution >= 4 is 17.7 Å². The number of rotatable bonds is 5. The molecule has 0 unspecified atom stereocenters. The SMILES string of the molecule is CC(C)C(=O)[C@@H]1CCCN1C(=O)[C@@H](N)CC(=O)O. The fraction of sp³-hybridized carbons (Fsp3) is 0.750. The Morgan fingerprint density at radius 2 is 2.00 bits per heavy atom. The maximum atomic E-state index is 12.0. The highest BCUT2D eigenvalue weighted by atomic mass is 16.4. The van der Waals surface area contributed by atoms with Crippen molar-refractivity contribution in [3.8, 4) is 0 Å². The van der Waals surface area contributed by atoms with Crippen molar-refractivity contribution in [3.05, 3.63) is 0 Å². The standard InChI is InChI=1S/C12H20N2O4/c1-7(2)11(17)9-4-3-5-14(9)12(18)8(13)6-10(15)16/h7-9H,3-6,13H2,1-2H3,(H,15,16)/t8-,9-/m0/s1. The number of hydrogen-bond acceptors (Lipinski definition) is 4. The van der Waals surface area contributed by atoms with Gasteiger partial charge in [-0.3, -0.25) is 14.4 Å². The molecule has 1 amide bonds. The van der Waals surface area contributed by atoms with E-state index in [0.29, 0.717) is 13.0 Å². The number of carbonyl (C=O) groups is 3. The van der Waals surface area contributed by atoms with Crippen LogP contribution in [-0.4, -0.2) is 46.3 Å². The van der Waals surface area contributed by atoms with Crippen LogP contribution in [0.2, 0.25) is 0 Å². The van der Waals surface area contributed by atoms with Crippen LogP contribution < -0.4 is 5.73 Å². The zero-order chi connectivity index (χ0) is 13.9. The Morgan fingerprint density at radius 3 is 2.50 bits per heavy atom. The third-order valence-corrected chi connectivity index (χ3v) is 3.15. The summed E-state index contributed by atoms with van der Waals surface area (Å²) in [6, 6.07) is -1.50. The van der Waals surface area contributed by atoms with Crippen LogP contribution in [0.25, 0.3) is 0 Å². The molecule has 0 aromatic carbocycles. The van der Waals surface area contributed by atoms with Gasteiger partial charge in [0.05, 0.1) is 18.5 Å². The van der Waals surface area contributed by atoms with Crippen molar-refractivity contribution in [1.29, 1.82) is 0 Å². The summed E-state index contributed by atoms with van der Waals surface area (Å²) in [4.78, 5) is 35.9. The summed E-state index contributed by atoms with van der Waals surface area (Å²) in [5.74, 6) is -1.67. The Kier molecular flexibility index (Phi) is 4.84. The first-order valence-corrected chi connectivity index (χ1v) is 6.16. The van der Waals surface area contributed by atoms with Gasteiger partial charge in [0.25, 0.3) is 0 Å². The first-order chi connectivity index (χ1) is 8.34. The predicted molar refractivity (Wildman–Crippen MR) is 64.8 cm³/mol. The summed E-state index contributed by atoms with van der Waals surface area (Å²) in [5.41, 5.74) is 5.55. The molecule has 0 bridgehead atoms. The smallest absolute Gasteiger partial charge is 0.305 e. The number of nitrogens with zero attached hydrogens (tertiary/aromatic N) is 1. The van der Waals surface area contributed by atoms with Crippen LogP contribution in [0.5, 0.6) is 0 Å².